The van der Waals surface area contributed by atoms with Crippen LogP contribution in [0.15, 0.2) is 18.2 Å². The molecule has 1 aromatic carbocycles. The smallest absolute Gasteiger partial charge is 0.252 e. The van der Waals surface area contributed by atoms with E-state index in [0.717, 1.165) is 3.57 Å². The summed E-state index contributed by atoms with van der Waals surface area (Å²) in [6, 6.07) is 4.91. The first kappa shape index (κ1) is 13.8. The summed E-state index contributed by atoms with van der Waals surface area (Å²) in [6.45, 7) is 3.94. The lowest BCUT2D eigenvalue weighted by Gasteiger charge is -2.16. The fraction of sp³-hybridized carbons (Fsp3) is 0.308. The van der Waals surface area contributed by atoms with Crippen LogP contribution in [0.1, 0.15) is 24.2 Å². The molecule has 1 rings (SSSR count). The number of anilines is 1. The normalized spacial score (nSPS) is 11.9. The van der Waals surface area contributed by atoms with Gasteiger partial charge in [0.25, 0.3) is 5.91 Å². The van der Waals surface area contributed by atoms with Gasteiger partial charge in [-0.2, -0.15) is 0 Å². The Morgan fingerprint density at radius 1 is 1.53 bits per heavy atom. The molecule has 0 fully saturated rings. The minimum atomic E-state index is -0.252. The second kappa shape index (κ2) is 5.92. The Balaban J connectivity index is 2.83. The van der Waals surface area contributed by atoms with E-state index >= 15 is 0 Å². The summed E-state index contributed by atoms with van der Waals surface area (Å²) in [7, 11) is 0. The van der Waals surface area contributed by atoms with Gasteiger partial charge in [-0.25, -0.2) is 0 Å². The van der Waals surface area contributed by atoms with Gasteiger partial charge in [-0.1, -0.05) is 19.8 Å². The molecule has 17 heavy (non-hydrogen) atoms. The van der Waals surface area contributed by atoms with E-state index in [9.17, 15) is 4.79 Å². The number of benzene rings is 1. The van der Waals surface area contributed by atoms with Crippen molar-refractivity contribution in [1.82, 2.24) is 5.32 Å². The minimum Gasteiger partial charge on any atom is -0.398 e. The maximum atomic E-state index is 11.9. The highest BCUT2D eigenvalue weighted by Crippen LogP contribution is 2.16. The van der Waals surface area contributed by atoms with Crippen molar-refractivity contribution in [2.75, 3.05) is 5.73 Å². The molecule has 0 aliphatic rings. The van der Waals surface area contributed by atoms with Crippen molar-refractivity contribution in [2.24, 2.45) is 5.92 Å². The lowest BCUT2D eigenvalue weighted by molar-refractivity contribution is 0.0938. The van der Waals surface area contributed by atoms with Crippen molar-refractivity contribution in [1.29, 1.82) is 0 Å². The number of nitrogens with two attached hydrogens (primary N) is 1. The second-order valence-electron chi connectivity index (χ2n) is 4.10. The molecule has 3 nitrogen and oxygen atoms in total. The van der Waals surface area contributed by atoms with Crippen LogP contribution in [-0.4, -0.2) is 11.9 Å². The van der Waals surface area contributed by atoms with Gasteiger partial charge in [0.15, 0.2) is 0 Å². The fourth-order valence-electron chi connectivity index (χ4n) is 1.29. The van der Waals surface area contributed by atoms with Gasteiger partial charge in [0.2, 0.25) is 0 Å². The standard InChI is InChI=1S/C13H15IN2O/c1-4-12(8(2)3)16-13(17)9-5-6-11(15)10(14)7-9/h1,5-8,12H,15H2,2-3H3,(H,16,17). The van der Waals surface area contributed by atoms with Crippen LogP contribution >= 0.6 is 22.6 Å². The molecule has 0 saturated heterocycles. The van der Waals surface area contributed by atoms with E-state index < -0.39 is 0 Å². The van der Waals surface area contributed by atoms with Gasteiger partial charge in [-0.15, -0.1) is 6.42 Å². The minimum absolute atomic E-state index is 0.167. The zero-order valence-electron chi connectivity index (χ0n) is 9.83. The van der Waals surface area contributed by atoms with Crippen molar-refractivity contribution in [3.8, 4) is 12.3 Å². The number of nitrogens with one attached hydrogen (secondary N) is 1. The van der Waals surface area contributed by atoms with Gasteiger partial charge in [-0.3, -0.25) is 4.79 Å². The van der Waals surface area contributed by atoms with Crippen LogP contribution in [0.2, 0.25) is 0 Å². The number of terminal acetylenes is 1. The Morgan fingerprint density at radius 3 is 2.65 bits per heavy atom. The van der Waals surface area contributed by atoms with E-state index in [0.29, 0.717) is 11.3 Å². The zero-order valence-corrected chi connectivity index (χ0v) is 12.0. The predicted octanol–water partition coefficient (Wildman–Crippen LogP) is 2.26. The number of carbonyl (C=O) groups is 1. The van der Waals surface area contributed by atoms with E-state index in [2.05, 4.69) is 33.8 Å². The molecule has 0 aromatic heterocycles. The third-order valence-corrected chi connectivity index (χ3v) is 3.33. The summed E-state index contributed by atoms with van der Waals surface area (Å²) in [5.74, 6) is 2.61. The molecule has 0 heterocycles. The summed E-state index contributed by atoms with van der Waals surface area (Å²) in [6.07, 6.45) is 5.37. The number of nitrogen functional groups attached to an aromatic ring is 1. The largest absolute Gasteiger partial charge is 0.398 e. The molecule has 1 aromatic rings. The fourth-order valence-corrected chi connectivity index (χ4v) is 1.81. The molecule has 0 aliphatic heterocycles. The number of hydrogen-bond acceptors (Lipinski definition) is 2. The lowest BCUT2D eigenvalue weighted by atomic mass is 10.0. The number of halogens is 1. The average molecular weight is 342 g/mol. The molecule has 3 N–H and O–H groups in total. The van der Waals surface area contributed by atoms with Gasteiger partial charge in [0.1, 0.15) is 0 Å². The van der Waals surface area contributed by atoms with Gasteiger partial charge < -0.3 is 11.1 Å². The summed E-state index contributed by atoms with van der Waals surface area (Å²) in [4.78, 5) is 11.9. The summed E-state index contributed by atoms with van der Waals surface area (Å²) in [5, 5.41) is 2.81. The van der Waals surface area contributed by atoms with Crippen LogP contribution in [0.25, 0.3) is 0 Å². The molecular weight excluding hydrogens is 327 g/mol. The Kier molecular flexibility index (Phi) is 4.82. The molecule has 0 spiro atoms. The van der Waals surface area contributed by atoms with E-state index in [1.54, 1.807) is 18.2 Å². The molecule has 1 atom stereocenters. The van der Waals surface area contributed by atoms with Crippen LogP contribution in [0.3, 0.4) is 0 Å². The third-order valence-electron chi connectivity index (χ3n) is 2.40. The van der Waals surface area contributed by atoms with Crippen LogP contribution in [0, 0.1) is 21.8 Å². The molecule has 1 unspecified atom stereocenters. The monoisotopic (exact) mass is 342 g/mol. The van der Waals surface area contributed by atoms with E-state index in [1.165, 1.54) is 0 Å². The highest BCUT2D eigenvalue weighted by Gasteiger charge is 2.15. The number of carbonyl (C=O) groups excluding carboxylic acids is 1. The van der Waals surface area contributed by atoms with Crippen LogP contribution in [-0.2, 0) is 0 Å². The first-order valence-electron chi connectivity index (χ1n) is 5.27. The number of amides is 1. The van der Waals surface area contributed by atoms with Crippen LogP contribution in [0.5, 0.6) is 0 Å². The van der Waals surface area contributed by atoms with E-state index in [4.69, 9.17) is 12.2 Å². The topological polar surface area (TPSA) is 55.1 Å². The average Bonchev–Trinajstić information content (AvgIpc) is 2.28. The molecule has 90 valence electrons. The Labute approximate surface area is 115 Å². The Hall–Kier alpha value is -1.22. The predicted molar refractivity (Wildman–Crippen MR) is 78.5 cm³/mol. The molecule has 1 amide bonds. The Bertz CT molecular complexity index is 463. The van der Waals surface area contributed by atoms with Gasteiger partial charge in [0.05, 0.1) is 6.04 Å². The summed E-state index contributed by atoms with van der Waals surface area (Å²) in [5.41, 5.74) is 6.93. The van der Waals surface area contributed by atoms with Gasteiger partial charge >= 0.3 is 0 Å². The second-order valence-corrected chi connectivity index (χ2v) is 5.26. The third kappa shape index (κ3) is 3.63. The van der Waals surface area contributed by atoms with E-state index in [1.807, 2.05) is 13.8 Å². The molecule has 0 radical (unpaired) electrons. The molecule has 0 saturated carbocycles. The Morgan fingerprint density at radius 2 is 2.18 bits per heavy atom. The van der Waals surface area contributed by atoms with Crippen molar-refractivity contribution in [2.45, 2.75) is 19.9 Å². The van der Waals surface area contributed by atoms with Crippen molar-refractivity contribution in [3.05, 3.63) is 27.3 Å². The van der Waals surface area contributed by atoms with Gasteiger partial charge in [-0.05, 0) is 46.7 Å². The maximum Gasteiger partial charge on any atom is 0.252 e. The number of hydrogen-bond donors (Lipinski definition) is 2. The first-order valence-corrected chi connectivity index (χ1v) is 6.35. The highest BCUT2D eigenvalue weighted by molar-refractivity contribution is 14.1. The first-order chi connectivity index (χ1) is 7.95. The van der Waals surface area contributed by atoms with Crippen LogP contribution < -0.4 is 11.1 Å². The zero-order chi connectivity index (χ0) is 13.0. The molecule has 4 heteroatoms. The van der Waals surface area contributed by atoms with Crippen molar-refractivity contribution >= 4 is 34.2 Å². The SMILES string of the molecule is C#CC(NC(=O)c1ccc(N)c(I)c1)C(C)C. The molecule has 0 aliphatic carbocycles. The van der Waals surface area contributed by atoms with Crippen LogP contribution in [0.4, 0.5) is 5.69 Å². The van der Waals surface area contributed by atoms with E-state index in [-0.39, 0.29) is 17.9 Å². The number of rotatable bonds is 3. The maximum absolute atomic E-state index is 11.9. The van der Waals surface area contributed by atoms with Gasteiger partial charge in [0, 0.05) is 14.8 Å². The summed E-state index contributed by atoms with van der Waals surface area (Å²) < 4.78 is 0.858. The molecular formula is C13H15IN2O. The van der Waals surface area contributed by atoms with Crippen molar-refractivity contribution < 1.29 is 4.79 Å². The highest BCUT2D eigenvalue weighted by atomic mass is 127. The summed E-state index contributed by atoms with van der Waals surface area (Å²) >= 11 is 2.09. The quantitative estimate of drug-likeness (QED) is 0.503. The lowest BCUT2D eigenvalue weighted by Crippen LogP contribution is -2.37. The molecule has 0 bridgehead atoms. The van der Waals surface area contributed by atoms with Crippen molar-refractivity contribution in [3.63, 3.8) is 0 Å².